The standard InChI is InChI=1S/C19H18Cl2O3/c20-11-13-23-17-6-1-15(2-7-17)3-10-19(22)16-4-8-18(9-5-16)24-14-12-21/h1-10H,11-14H2/b10-3-. The molecule has 0 unspecified atom stereocenters. The highest BCUT2D eigenvalue weighted by Gasteiger charge is 2.02. The number of carbonyl (C=O) groups excluding carboxylic acids is 1. The van der Waals surface area contributed by atoms with Gasteiger partial charge in [0.2, 0.25) is 0 Å². The lowest BCUT2D eigenvalue weighted by molar-refractivity contribution is 0.104. The van der Waals surface area contributed by atoms with Crippen molar-refractivity contribution in [2.24, 2.45) is 0 Å². The first-order chi connectivity index (χ1) is 11.7. The van der Waals surface area contributed by atoms with Gasteiger partial charge in [-0.05, 0) is 48.0 Å². The molecular weight excluding hydrogens is 347 g/mol. The summed E-state index contributed by atoms with van der Waals surface area (Å²) in [4.78, 5) is 12.2. The van der Waals surface area contributed by atoms with Gasteiger partial charge in [0, 0.05) is 5.56 Å². The Morgan fingerprint density at radius 3 is 1.83 bits per heavy atom. The van der Waals surface area contributed by atoms with Crippen molar-refractivity contribution in [2.45, 2.75) is 0 Å². The van der Waals surface area contributed by atoms with Crippen LogP contribution in [0.1, 0.15) is 15.9 Å². The molecule has 0 fully saturated rings. The van der Waals surface area contributed by atoms with Crippen molar-refractivity contribution in [3.8, 4) is 11.5 Å². The smallest absolute Gasteiger partial charge is 0.185 e. The number of ketones is 1. The van der Waals surface area contributed by atoms with E-state index in [9.17, 15) is 4.79 Å². The van der Waals surface area contributed by atoms with Crippen molar-refractivity contribution >= 4 is 35.1 Å². The van der Waals surface area contributed by atoms with Gasteiger partial charge in [-0.15, -0.1) is 23.2 Å². The Balaban J connectivity index is 1.94. The zero-order valence-corrected chi connectivity index (χ0v) is 14.6. The van der Waals surface area contributed by atoms with Crippen LogP contribution in [-0.4, -0.2) is 30.8 Å². The third-order valence-corrected chi connectivity index (χ3v) is 3.45. The van der Waals surface area contributed by atoms with Crippen LogP contribution < -0.4 is 9.47 Å². The summed E-state index contributed by atoms with van der Waals surface area (Å²) in [6, 6.07) is 14.5. The van der Waals surface area contributed by atoms with Crippen LogP contribution in [-0.2, 0) is 0 Å². The summed E-state index contributed by atoms with van der Waals surface area (Å²) in [5.74, 6) is 2.27. The molecule has 0 aliphatic carbocycles. The second kappa shape index (κ2) is 10.0. The Morgan fingerprint density at radius 2 is 1.33 bits per heavy atom. The van der Waals surface area contributed by atoms with Crippen LogP contribution in [0.3, 0.4) is 0 Å². The number of hydrogen-bond acceptors (Lipinski definition) is 3. The van der Waals surface area contributed by atoms with Gasteiger partial charge >= 0.3 is 0 Å². The topological polar surface area (TPSA) is 35.5 Å². The molecule has 0 radical (unpaired) electrons. The van der Waals surface area contributed by atoms with Gasteiger partial charge in [-0.2, -0.15) is 0 Å². The van der Waals surface area contributed by atoms with Gasteiger partial charge in [0.1, 0.15) is 24.7 Å². The van der Waals surface area contributed by atoms with Crippen LogP contribution in [0, 0.1) is 0 Å². The van der Waals surface area contributed by atoms with Crippen LogP contribution in [0.5, 0.6) is 11.5 Å². The van der Waals surface area contributed by atoms with Crippen LogP contribution in [0.4, 0.5) is 0 Å². The van der Waals surface area contributed by atoms with Gasteiger partial charge in [-0.3, -0.25) is 4.79 Å². The molecular formula is C19H18Cl2O3. The molecule has 24 heavy (non-hydrogen) atoms. The average molecular weight is 365 g/mol. The van der Waals surface area contributed by atoms with E-state index in [0.717, 1.165) is 11.3 Å². The molecule has 2 aromatic carbocycles. The molecule has 0 atom stereocenters. The summed E-state index contributed by atoms with van der Waals surface area (Å²) in [5, 5.41) is 0. The molecule has 0 heterocycles. The minimum absolute atomic E-state index is 0.0682. The molecule has 0 spiro atoms. The Morgan fingerprint density at radius 1 is 0.833 bits per heavy atom. The highest BCUT2D eigenvalue weighted by Crippen LogP contribution is 2.15. The molecule has 0 aromatic heterocycles. The highest BCUT2D eigenvalue weighted by atomic mass is 35.5. The zero-order chi connectivity index (χ0) is 17.2. The summed E-state index contributed by atoms with van der Waals surface area (Å²) < 4.78 is 10.8. The van der Waals surface area contributed by atoms with E-state index in [4.69, 9.17) is 32.7 Å². The lowest BCUT2D eigenvalue weighted by atomic mass is 10.1. The predicted molar refractivity (Wildman–Crippen MR) is 98.7 cm³/mol. The maximum Gasteiger partial charge on any atom is 0.185 e. The monoisotopic (exact) mass is 364 g/mol. The molecule has 5 heteroatoms. The number of halogens is 2. The molecule has 0 saturated heterocycles. The van der Waals surface area contributed by atoms with Gasteiger partial charge in [0.25, 0.3) is 0 Å². The van der Waals surface area contributed by atoms with Crippen LogP contribution in [0.15, 0.2) is 54.6 Å². The quantitative estimate of drug-likeness (QED) is 0.363. The van der Waals surface area contributed by atoms with E-state index in [1.807, 2.05) is 24.3 Å². The van der Waals surface area contributed by atoms with Crippen LogP contribution in [0.2, 0.25) is 0 Å². The first-order valence-electron chi connectivity index (χ1n) is 7.53. The summed E-state index contributed by atoms with van der Waals surface area (Å²) in [6.07, 6.45) is 3.31. The Labute approximate surface area is 151 Å². The summed E-state index contributed by atoms with van der Waals surface area (Å²) >= 11 is 11.1. The van der Waals surface area contributed by atoms with Gasteiger partial charge in [-0.25, -0.2) is 0 Å². The summed E-state index contributed by atoms with van der Waals surface area (Å²) in [7, 11) is 0. The number of ether oxygens (including phenoxy) is 2. The lowest BCUT2D eigenvalue weighted by Crippen LogP contribution is -1.99. The average Bonchev–Trinajstić information content (AvgIpc) is 2.64. The molecule has 2 aromatic rings. The molecule has 2 rings (SSSR count). The number of hydrogen-bond donors (Lipinski definition) is 0. The van der Waals surface area contributed by atoms with Crippen molar-refractivity contribution in [2.75, 3.05) is 25.0 Å². The summed E-state index contributed by atoms with van der Waals surface area (Å²) in [5.41, 5.74) is 1.52. The molecule has 126 valence electrons. The minimum atomic E-state index is -0.0682. The van der Waals surface area contributed by atoms with Gasteiger partial charge in [0.05, 0.1) is 11.8 Å². The van der Waals surface area contributed by atoms with Crippen LogP contribution >= 0.6 is 23.2 Å². The van der Waals surface area contributed by atoms with E-state index in [-0.39, 0.29) is 5.78 Å². The lowest BCUT2D eigenvalue weighted by Gasteiger charge is -2.04. The minimum Gasteiger partial charge on any atom is -0.492 e. The third kappa shape index (κ3) is 5.91. The SMILES string of the molecule is O=C(/C=C\c1ccc(OCCCl)cc1)c1ccc(OCCCl)cc1. The highest BCUT2D eigenvalue weighted by molar-refractivity contribution is 6.18. The number of benzene rings is 2. The Bertz CT molecular complexity index is 664. The Hall–Kier alpha value is -1.97. The molecule has 3 nitrogen and oxygen atoms in total. The van der Waals surface area contributed by atoms with E-state index < -0.39 is 0 Å². The van der Waals surface area contributed by atoms with Crippen molar-refractivity contribution < 1.29 is 14.3 Å². The predicted octanol–water partition coefficient (Wildman–Crippen LogP) is 4.82. The molecule has 0 amide bonds. The Kier molecular flexibility index (Phi) is 7.66. The first-order valence-corrected chi connectivity index (χ1v) is 8.60. The van der Waals surface area contributed by atoms with E-state index >= 15 is 0 Å². The van der Waals surface area contributed by atoms with Gasteiger partial charge < -0.3 is 9.47 Å². The van der Waals surface area contributed by atoms with E-state index in [2.05, 4.69) is 0 Å². The van der Waals surface area contributed by atoms with Crippen LogP contribution in [0.25, 0.3) is 6.08 Å². The fourth-order valence-corrected chi connectivity index (χ4v) is 2.13. The maximum atomic E-state index is 12.2. The second-order valence-electron chi connectivity index (χ2n) is 4.87. The molecule has 0 bridgehead atoms. The van der Waals surface area contributed by atoms with Gasteiger partial charge in [0.15, 0.2) is 5.78 Å². The fraction of sp³-hybridized carbons (Fsp3) is 0.211. The molecule has 0 N–H and O–H groups in total. The number of carbonyl (C=O) groups is 1. The number of rotatable bonds is 9. The number of alkyl halides is 2. The van der Waals surface area contributed by atoms with E-state index in [0.29, 0.717) is 36.3 Å². The molecule has 0 saturated carbocycles. The van der Waals surface area contributed by atoms with Crippen molar-refractivity contribution in [1.29, 1.82) is 0 Å². The summed E-state index contributed by atoms with van der Waals surface area (Å²) in [6.45, 7) is 0.916. The zero-order valence-electron chi connectivity index (χ0n) is 13.1. The largest absolute Gasteiger partial charge is 0.492 e. The fourth-order valence-electron chi connectivity index (χ4n) is 1.97. The van der Waals surface area contributed by atoms with Crippen molar-refractivity contribution in [3.05, 3.63) is 65.7 Å². The maximum absolute atomic E-state index is 12.2. The van der Waals surface area contributed by atoms with E-state index in [1.54, 1.807) is 36.4 Å². The molecule has 0 aliphatic heterocycles. The van der Waals surface area contributed by atoms with Crippen molar-refractivity contribution in [3.63, 3.8) is 0 Å². The first kappa shape index (κ1) is 18.4. The normalized spacial score (nSPS) is 10.8. The number of allylic oxidation sites excluding steroid dienone is 1. The van der Waals surface area contributed by atoms with Gasteiger partial charge in [-0.1, -0.05) is 18.2 Å². The molecule has 0 aliphatic rings. The van der Waals surface area contributed by atoms with E-state index in [1.165, 1.54) is 0 Å². The third-order valence-electron chi connectivity index (χ3n) is 3.14. The second-order valence-corrected chi connectivity index (χ2v) is 5.62. The van der Waals surface area contributed by atoms with Crippen molar-refractivity contribution in [1.82, 2.24) is 0 Å².